The summed E-state index contributed by atoms with van der Waals surface area (Å²) in [4.78, 5) is 3.43. The molecule has 0 spiro atoms. The van der Waals surface area contributed by atoms with Crippen molar-refractivity contribution in [2.75, 3.05) is 0 Å². The fourth-order valence-electron chi connectivity index (χ4n) is 0.0913. The lowest BCUT2D eigenvalue weighted by molar-refractivity contribution is 1.63. The van der Waals surface area contributed by atoms with Crippen molar-refractivity contribution in [1.29, 1.82) is 0 Å². The summed E-state index contributed by atoms with van der Waals surface area (Å²) in [6, 6.07) is 0. The molecule has 0 atom stereocenters. The lowest BCUT2D eigenvalue weighted by Crippen LogP contribution is -1.37. The van der Waals surface area contributed by atoms with Crippen LogP contribution in [0.2, 0.25) is 0 Å². The second-order valence-corrected chi connectivity index (χ2v) is 0.620. The molecular weight excluding hydrogens is 74.1 g/mol. The second kappa shape index (κ2) is 3.97. The zero-order chi connectivity index (χ0) is 4.83. The molecule has 0 N–H and O–H groups in total. The topological polar surface area (TPSA) is 12.4 Å². The van der Waals surface area contributed by atoms with Crippen molar-refractivity contribution in [3.8, 4) is 0 Å². The van der Waals surface area contributed by atoms with Gasteiger partial charge in [0.2, 0.25) is 0 Å². The average Bonchev–Trinajstić information content (AvgIpc) is 1.61. The third kappa shape index (κ3) is 2.97. The molecule has 0 aromatic heterocycles. The quantitative estimate of drug-likeness (QED) is 0.330. The van der Waals surface area contributed by atoms with Crippen LogP contribution in [0.15, 0.2) is 30.1 Å². The first kappa shape index (κ1) is 4.97. The SMILES string of the molecule is C=C=CN=C=C. The highest BCUT2D eigenvalue weighted by molar-refractivity contribution is 5.47. The molecule has 0 aliphatic carbocycles. The first-order chi connectivity index (χ1) is 2.91. The monoisotopic (exact) mass is 79.0 g/mol. The Hall–Kier alpha value is -1.03. The molecular formula is C5H5N. The Morgan fingerprint density at radius 1 is 1.50 bits per heavy atom. The fraction of sp³-hybridized carbons (Fsp3) is 0. The molecule has 0 fully saturated rings. The van der Waals surface area contributed by atoms with Gasteiger partial charge < -0.3 is 0 Å². The highest BCUT2D eigenvalue weighted by atomic mass is 14.6. The standard InChI is InChI=1S/C5H5N/c1-3-5-6-4-2/h5H,1-2H2. The molecule has 0 bridgehead atoms. The Labute approximate surface area is 37.0 Å². The molecule has 1 heteroatoms. The van der Waals surface area contributed by atoms with Gasteiger partial charge in [0.15, 0.2) is 0 Å². The molecule has 6 heavy (non-hydrogen) atoms. The molecule has 0 aliphatic rings. The predicted molar refractivity (Wildman–Crippen MR) is 26.8 cm³/mol. The lowest BCUT2D eigenvalue weighted by atomic mass is 10.9. The largest absolute Gasteiger partial charge is 0.206 e. The van der Waals surface area contributed by atoms with E-state index < -0.39 is 0 Å². The minimum Gasteiger partial charge on any atom is -0.206 e. The van der Waals surface area contributed by atoms with Gasteiger partial charge >= 0.3 is 0 Å². The van der Waals surface area contributed by atoms with Gasteiger partial charge in [-0.1, -0.05) is 6.58 Å². The molecule has 0 aliphatic heterocycles. The zero-order valence-corrected chi connectivity index (χ0v) is 3.44. The lowest BCUT2D eigenvalue weighted by Gasteiger charge is -1.52. The summed E-state index contributed by atoms with van der Waals surface area (Å²) in [5, 5.41) is 0. The molecule has 30 valence electrons. The number of hydrogen-bond donors (Lipinski definition) is 0. The zero-order valence-electron chi connectivity index (χ0n) is 3.44. The number of aliphatic imine (C=N–C) groups is 1. The first-order valence-electron chi connectivity index (χ1n) is 1.48. The third-order valence-electron chi connectivity index (χ3n) is 0.247. The van der Waals surface area contributed by atoms with Crippen LogP contribution in [0.3, 0.4) is 0 Å². The van der Waals surface area contributed by atoms with Gasteiger partial charge in [-0.2, -0.15) is 0 Å². The van der Waals surface area contributed by atoms with Gasteiger partial charge in [0.1, 0.15) is 0 Å². The van der Waals surface area contributed by atoms with E-state index in [1.54, 1.807) is 0 Å². The van der Waals surface area contributed by atoms with Gasteiger partial charge in [-0.25, -0.2) is 4.99 Å². The molecule has 1 nitrogen and oxygen atoms in total. The van der Waals surface area contributed by atoms with E-state index in [1.165, 1.54) is 6.20 Å². The van der Waals surface area contributed by atoms with E-state index in [1.807, 2.05) is 0 Å². The van der Waals surface area contributed by atoms with Gasteiger partial charge in [0, 0.05) is 0 Å². The van der Waals surface area contributed by atoms with E-state index in [4.69, 9.17) is 0 Å². The van der Waals surface area contributed by atoms with Crippen LogP contribution in [-0.4, -0.2) is 5.87 Å². The van der Waals surface area contributed by atoms with Gasteiger partial charge in [0.25, 0.3) is 0 Å². The van der Waals surface area contributed by atoms with Crippen LogP contribution in [0.5, 0.6) is 0 Å². The average molecular weight is 79.1 g/mol. The summed E-state index contributed by atoms with van der Waals surface area (Å²) in [5.74, 6) is 2.29. The van der Waals surface area contributed by atoms with Crippen molar-refractivity contribution < 1.29 is 0 Å². The predicted octanol–water partition coefficient (Wildman–Crippen LogP) is 1.14. The Kier molecular flexibility index (Phi) is 3.29. The van der Waals surface area contributed by atoms with E-state index in [-0.39, 0.29) is 0 Å². The van der Waals surface area contributed by atoms with E-state index in [0.29, 0.717) is 0 Å². The highest BCUT2D eigenvalue weighted by Gasteiger charge is 1.40. The first-order valence-corrected chi connectivity index (χ1v) is 1.48. The Balaban J connectivity index is 3.64. The summed E-state index contributed by atoms with van der Waals surface area (Å²) in [6.45, 7) is 6.46. The van der Waals surface area contributed by atoms with Crippen LogP contribution < -0.4 is 0 Å². The summed E-state index contributed by atoms with van der Waals surface area (Å²) in [6.07, 6.45) is 1.40. The maximum absolute atomic E-state index is 3.43. The van der Waals surface area contributed by atoms with Gasteiger partial charge in [-0.3, -0.25) is 0 Å². The van der Waals surface area contributed by atoms with Crippen molar-refractivity contribution in [3.63, 3.8) is 0 Å². The van der Waals surface area contributed by atoms with Crippen molar-refractivity contribution in [1.82, 2.24) is 0 Å². The Morgan fingerprint density at radius 2 is 2.17 bits per heavy atom. The van der Waals surface area contributed by atoms with Crippen molar-refractivity contribution in [2.24, 2.45) is 4.99 Å². The van der Waals surface area contributed by atoms with Gasteiger partial charge in [0.05, 0.1) is 6.20 Å². The second-order valence-electron chi connectivity index (χ2n) is 0.620. The van der Waals surface area contributed by atoms with Crippen LogP contribution in [0, 0.1) is 0 Å². The summed E-state index contributed by atoms with van der Waals surface area (Å²) >= 11 is 0. The van der Waals surface area contributed by atoms with E-state index in [0.717, 1.165) is 0 Å². The third-order valence-corrected chi connectivity index (χ3v) is 0.247. The number of hydrogen-bond acceptors (Lipinski definition) is 1. The maximum atomic E-state index is 3.43. The van der Waals surface area contributed by atoms with Gasteiger partial charge in [-0.15, -0.1) is 5.73 Å². The molecule has 0 aromatic rings. The van der Waals surface area contributed by atoms with E-state index in [9.17, 15) is 0 Å². The molecule has 0 amide bonds. The summed E-state index contributed by atoms with van der Waals surface area (Å²) < 4.78 is 0. The Morgan fingerprint density at radius 3 is 2.33 bits per heavy atom. The van der Waals surface area contributed by atoms with Crippen molar-refractivity contribution in [3.05, 3.63) is 25.1 Å². The number of rotatable bonds is 1. The molecule has 0 aromatic carbocycles. The molecule has 0 saturated heterocycles. The van der Waals surface area contributed by atoms with Crippen LogP contribution in [0.1, 0.15) is 0 Å². The van der Waals surface area contributed by atoms with Crippen LogP contribution >= 0.6 is 0 Å². The molecule has 0 heterocycles. The van der Waals surface area contributed by atoms with Gasteiger partial charge in [-0.05, 0) is 12.4 Å². The fourth-order valence-corrected chi connectivity index (χ4v) is 0.0913. The summed E-state index contributed by atoms with van der Waals surface area (Å²) in [7, 11) is 0. The maximum Gasteiger partial charge on any atom is 0.0780 e. The summed E-state index contributed by atoms with van der Waals surface area (Å²) in [5.41, 5.74) is 2.42. The molecule has 0 rings (SSSR count). The normalized spacial score (nSPS) is 4.67. The smallest absolute Gasteiger partial charge is 0.0780 e. The van der Waals surface area contributed by atoms with Crippen molar-refractivity contribution >= 4 is 5.87 Å². The van der Waals surface area contributed by atoms with Crippen LogP contribution in [0.25, 0.3) is 0 Å². The Bertz CT molecular complexity index is 95.9. The van der Waals surface area contributed by atoms with Crippen LogP contribution in [-0.2, 0) is 0 Å². The molecule has 0 saturated carbocycles. The van der Waals surface area contributed by atoms with Crippen molar-refractivity contribution in [2.45, 2.75) is 0 Å². The van der Waals surface area contributed by atoms with E-state index >= 15 is 0 Å². The highest BCUT2D eigenvalue weighted by Crippen LogP contribution is 1.57. The molecule has 0 unspecified atom stereocenters. The minimum atomic E-state index is 1.40. The molecule has 0 radical (unpaired) electrons. The van der Waals surface area contributed by atoms with Crippen LogP contribution in [0.4, 0.5) is 0 Å². The van der Waals surface area contributed by atoms with E-state index in [2.05, 4.69) is 29.8 Å². The minimum absolute atomic E-state index is 1.40. The number of nitrogens with zero attached hydrogens (tertiary/aromatic N) is 1.